The summed E-state index contributed by atoms with van der Waals surface area (Å²) in [6.07, 6.45) is 3.02. The van der Waals surface area contributed by atoms with Crippen LogP contribution in [0, 0.1) is 11.8 Å². The lowest BCUT2D eigenvalue weighted by molar-refractivity contribution is -0.150. The number of nitrogens with zero attached hydrogens (tertiary/aromatic N) is 2. The van der Waals surface area contributed by atoms with Gasteiger partial charge in [-0.2, -0.15) is 0 Å². The van der Waals surface area contributed by atoms with Crippen LogP contribution in [0.4, 0.5) is 0 Å². The zero-order chi connectivity index (χ0) is 16.8. The van der Waals surface area contributed by atoms with Crippen LogP contribution in [-0.4, -0.2) is 66.9 Å². The predicted octanol–water partition coefficient (Wildman–Crippen LogP) is -0.0146. The summed E-state index contributed by atoms with van der Waals surface area (Å²) in [6, 6.07) is 0. The molecule has 1 unspecified atom stereocenters. The zero-order valence-corrected chi connectivity index (χ0v) is 13.8. The van der Waals surface area contributed by atoms with Crippen molar-refractivity contribution < 1.29 is 19.1 Å². The van der Waals surface area contributed by atoms with Gasteiger partial charge in [-0.1, -0.05) is 0 Å². The second kappa shape index (κ2) is 8.29. The number of carbonyl (C=O) groups excluding carboxylic acids is 3. The molecule has 0 aromatic heterocycles. The van der Waals surface area contributed by atoms with Crippen LogP contribution < -0.4 is 5.73 Å². The maximum absolute atomic E-state index is 12.4. The minimum Gasteiger partial charge on any atom is -0.466 e. The van der Waals surface area contributed by atoms with Crippen LogP contribution >= 0.6 is 0 Å². The molecule has 0 saturated carbocycles. The molecule has 1 atom stereocenters. The lowest BCUT2D eigenvalue weighted by atomic mass is 9.96. The molecule has 2 heterocycles. The fourth-order valence-corrected chi connectivity index (χ4v) is 3.36. The molecule has 0 radical (unpaired) electrons. The Labute approximate surface area is 137 Å². The molecular formula is C16H27N3O4. The van der Waals surface area contributed by atoms with Crippen LogP contribution in [0.15, 0.2) is 0 Å². The molecule has 0 spiro atoms. The Morgan fingerprint density at radius 3 is 2.39 bits per heavy atom. The molecule has 7 nitrogen and oxygen atoms in total. The van der Waals surface area contributed by atoms with E-state index in [1.165, 1.54) is 0 Å². The third kappa shape index (κ3) is 4.92. The third-order valence-electron chi connectivity index (χ3n) is 4.73. The van der Waals surface area contributed by atoms with Gasteiger partial charge in [-0.05, 0) is 39.2 Å². The number of nitrogens with two attached hydrogens (primary N) is 1. The van der Waals surface area contributed by atoms with Crippen molar-refractivity contribution in [1.29, 1.82) is 0 Å². The average Bonchev–Trinajstić information content (AvgIpc) is 2.55. The Kier molecular flexibility index (Phi) is 6.38. The molecule has 2 aliphatic rings. The highest BCUT2D eigenvalue weighted by Crippen LogP contribution is 2.20. The summed E-state index contributed by atoms with van der Waals surface area (Å²) in [5.41, 5.74) is 5.31. The number of piperidine rings is 2. The Bertz CT molecular complexity index is 447. The van der Waals surface area contributed by atoms with Crippen LogP contribution in [0.1, 0.15) is 32.6 Å². The fourth-order valence-electron chi connectivity index (χ4n) is 3.36. The Morgan fingerprint density at radius 1 is 1.09 bits per heavy atom. The molecule has 2 saturated heterocycles. The zero-order valence-electron chi connectivity index (χ0n) is 13.8. The Hall–Kier alpha value is -1.63. The highest BCUT2D eigenvalue weighted by molar-refractivity contribution is 5.80. The first-order valence-corrected chi connectivity index (χ1v) is 8.47. The first kappa shape index (κ1) is 17.7. The molecule has 2 amide bonds. The van der Waals surface area contributed by atoms with E-state index >= 15 is 0 Å². The number of carbonyl (C=O) groups is 3. The fraction of sp³-hybridized carbons (Fsp3) is 0.812. The molecule has 0 aromatic rings. The van der Waals surface area contributed by atoms with Crippen molar-refractivity contribution in [1.82, 2.24) is 9.80 Å². The van der Waals surface area contributed by atoms with E-state index in [2.05, 4.69) is 0 Å². The molecule has 0 aromatic carbocycles. The number of hydrogen-bond donors (Lipinski definition) is 1. The van der Waals surface area contributed by atoms with Crippen molar-refractivity contribution in [2.24, 2.45) is 17.6 Å². The van der Waals surface area contributed by atoms with Gasteiger partial charge in [0.2, 0.25) is 11.8 Å². The second-order valence-corrected chi connectivity index (χ2v) is 6.38. The highest BCUT2D eigenvalue weighted by atomic mass is 16.5. The Morgan fingerprint density at radius 2 is 1.78 bits per heavy atom. The summed E-state index contributed by atoms with van der Waals surface area (Å²) in [5, 5.41) is 0. The van der Waals surface area contributed by atoms with Gasteiger partial charge >= 0.3 is 5.97 Å². The van der Waals surface area contributed by atoms with Gasteiger partial charge in [0.15, 0.2) is 0 Å². The summed E-state index contributed by atoms with van der Waals surface area (Å²) < 4.78 is 5.08. The monoisotopic (exact) mass is 325 g/mol. The van der Waals surface area contributed by atoms with Crippen molar-refractivity contribution in [2.75, 3.05) is 39.3 Å². The minimum atomic E-state index is -0.273. The van der Waals surface area contributed by atoms with Gasteiger partial charge in [0.25, 0.3) is 0 Å². The van der Waals surface area contributed by atoms with Crippen molar-refractivity contribution in [3.63, 3.8) is 0 Å². The standard InChI is InChI=1S/C16H27N3O4/c1-2-23-16(22)13-4-3-7-18(10-13)11-14(20)19-8-5-12(6-9-19)15(17)21/h12-13H,2-11H2,1H3,(H2,17,21). The van der Waals surface area contributed by atoms with Crippen LogP contribution in [0.5, 0.6) is 0 Å². The molecule has 2 aliphatic heterocycles. The molecule has 23 heavy (non-hydrogen) atoms. The van der Waals surface area contributed by atoms with Gasteiger partial charge in [-0.25, -0.2) is 0 Å². The molecule has 7 heteroatoms. The van der Waals surface area contributed by atoms with E-state index in [4.69, 9.17) is 10.5 Å². The molecule has 2 fully saturated rings. The quantitative estimate of drug-likeness (QED) is 0.717. The topological polar surface area (TPSA) is 92.9 Å². The van der Waals surface area contributed by atoms with Crippen molar-refractivity contribution >= 4 is 17.8 Å². The average molecular weight is 325 g/mol. The number of primary amides is 1. The molecule has 0 aliphatic carbocycles. The maximum atomic E-state index is 12.4. The smallest absolute Gasteiger partial charge is 0.310 e. The van der Waals surface area contributed by atoms with Gasteiger partial charge in [-0.15, -0.1) is 0 Å². The third-order valence-corrected chi connectivity index (χ3v) is 4.73. The van der Waals surface area contributed by atoms with Gasteiger partial charge in [0, 0.05) is 25.6 Å². The van der Waals surface area contributed by atoms with Crippen molar-refractivity contribution in [3.05, 3.63) is 0 Å². The summed E-state index contributed by atoms with van der Waals surface area (Å²) >= 11 is 0. The summed E-state index contributed by atoms with van der Waals surface area (Å²) in [7, 11) is 0. The molecule has 2 rings (SSSR count). The van der Waals surface area contributed by atoms with Crippen LogP contribution in [-0.2, 0) is 19.1 Å². The van der Waals surface area contributed by atoms with Crippen molar-refractivity contribution in [3.8, 4) is 0 Å². The first-order valence-electron chi connectivity index (χ1n) is 8.47. The summed E-state index contributed by atoms with van der Waals surface area (Å²) in [6.45, 7) is 5.11. The normalized spacial score (nSPS) is 23.5. The Balaban J connectivity index is 1.79. The molecule has 130 valence electrons. The largest absolute Gasteiger partial charge is 0.466 e. The number of likely N-dealkylation sites (tertiary alicyclic amines) is 2. The van der Waals surface area contributed by atoms with Gasteiger partial charge < -0.3 is 15.4 Å². The van der Waals surface area contributed by atoms with E-state index in [0.29, 0.717) is 45.6 Å². The number of esters is 1. The van der Waals surface area contributed by atoms with Gasteiger partial charge in [-0.3, -0.25) is 19.3 Å². The lowest BCUT2D eigenvalue weighted by Crippen LogP contribution is -2.48. The number of rotatable bonds is 5. The first-order chi connectivity index (χ1) is 11.0. The van der Waals surface area contributed by atoms with E-state index < -0.39 is 0 Å². The van der Waals surface area contributed by atoms with Crippen molar-refractivity contribution in [2.45, 2.75) is 32.6 Å². The molecular weight excluding hydrogens is 298 g/mol. The van der Waals surface area contributed by atoms with E-state index in [1.54, 1.807) is 11.8 Å². The lowest BCUT2D eigenvalue weighted by Gasteiger charge is -2.35. The summed E-state index contributed by atoms with van der Waals surface area (Å²) in [5.74, 6) is -0.603. The highest BCUT2D eigenvalue weighted by Gasteiger charge is 2.30. The van der Waals surface area contributed by atoms with Gasteiger partial charge in [0.1, 0.15) is 0 Å². The SMILES string of the molecule is CCOC(=O)C1CCCN(CC(=O)N2CCC(C(N)=O)CC2)C1. The maximum Gasteiger partial charge on any atom is 0.310 e. The van der Waals surface area contributed by atoms with E-state index in [0.717, 1.165) is 19.4 Å². The second-order valence-electron chi connectivity index (χ2n) is 6.38. The molecule has 2 N–H and O–H groups in total. The van der Waals surface area contributed by atoms with Crippen LogP contribution in [0.3, 0.4) is 0 Å². The van der Waals surface area contributed by atoms with Gasteiger partial charge in [0.05, 0.1) is 19.1 Å². The van der Waals surface area contributed by atoms with E-state index in [9.17, 15) is 14.4 Å². The predicted molar refractivity (Wildman–Crippen MR) is 84.3 cm³/mol. The van der Waals surface area contributed by atoms with Crippen LogP contribution in [0.2, 0.25) is 0 Å². The minimum absolute atomic E-state index is 0.0671. The molecule has 0 bridgehead atoms. The number of amides is 2. The van der Waals surface area contributed by atoms with E-state index in [1.807, 2.05) is 4.90 Å². The number of hydrogen-bond acceptors (Lipinski definition) is 5. The van der Waals surface area contributed by atoms with Crippen LogP contribution in [0.25, 0.3) is 0 Å². The van der Waals surface area contributed by atoms with E-state index in [-0.39, 0.29) is 29.6 Å². The summed E-state index contributed by atoms with van der Waals surface area (Å²) in [4.78, 5) is 39.2. The number of ether oxygens (including phenoxy) is 1.